The van der Waals surface area contributed by atoms with Crippen molar-refractivity contribution < 1.29 is 85.6 Å². The number of fused-ring (bicyclic) bond motifs is 3. The van der Waals surface area contributed by atoms with E-state index in [4.69, 9.17) is 71.1 Å². The zero-order valence-corrected chi connectivity index (χ0v) is 46.0. The van der Waals surface area contributed by atoms with Gasteiger partial charge < -0.3 is 71.1 Å². The molecule has 6 saturated heterocycles. The van der Waals surface area contributed by atoms with Crippen LogP contribution in [0.2, 0.25) is 0 Å². The number of benzene rings is 5. The Labute approximate surface area is 475 Å². The number of ether oxygens (including phenoxy) is 15. The number of unbranched alkanes of at least 4 members (excludes halogenated alkanes) is 1. The summed E-state index contributed by atoms with van der Waals surface area (Å²) >= 11 is 0. The van der Waals surface area contributed by atoms with Crippen LogP contribution in [0.3, 0.4) is 0 Å². The molecule has 3 unspecified atom stereocenters. The summed E-state index contributed by atoms with van der Waals surface area (Å²) in [7, 11) is 0. The summed E-state index contributed by atoms with van der Waals surface area (Å²) < 4.78 is 98.8. The van der Waals surface area contributed by atoms with Gasteiger partial charge in [-0.25, -0.2) is 4.79 Å². The number of nitro groups is 1. The molecule has 0 bridgehead atoms. The Balaban J connectivity index is 0.865. The van der Waals surface area contributed by atoms with Crippen LogP contribution in [0, 0.1) is 15.5 Å². The first-order valence-electron chi connectivity index (χ1n) is 28.0. The highest BCUT2D eigenvalue weighted by Gasteiger charge is 2.61. The average molecular weight is 1130 g/mol. The fourth-order valence-corrected chi connectivity index (χ4v) is 10.9. The van der Waals surface area contributed by atoms with Gasteiger partial charge in [-0.15, -0.1) is 0 Å². The maximum Gasteiger partial charge on any atom is 0.509 e. The molecule has 0 aromatic heterocycles. The van der Waals surface area contributed by atoms with Gasteiger partial charge in [0.15, 0.2) is 49.8 Å². The van der Waals surface area contributed by atoms with E-state index in [-0.39, 0.29) is 38.7 Å². The molecule has 6 aliphatic heterocycles. The molecule has 17 atom stereocenters. The molecule has 0 N–H and O–H groups in total. The van der Waals surface area contributed by atoms with E-state index in [9.17, 15) is 19.7 Å². The SMILES string of the molecule is C[C@@H]1O[C@@H](O[C@H]2[C@H]3OC(c4ccccc4)OC[C@H]3O[C@@H](OCCCCc3ccc([N+](=O)[O-])cc3)[C@@H]2OC(=O)C(C)(C)C)[C@@H]2OC(=O)O[C@@H]2[C@H]1OC1O[C@@H]2COC(c3ccccc3)O[C@H]2[C@H](OCc2ccccc2)[C@@H]1OCc1ccccc1. The highest BCUT2D eigenvalue weighted by atomic mass is 16.8. The molecule has 20 nitrogen and oxygen atoms in total. The highest BCUT2D eigenvalue weighted by Crippen LogP contribution is 2.43. The van der Waals surface area contributed by atoms with Crippen LogP contribution in [0.5, 0.6) is 0 Å². The normalized spacial score (nSPS) is 32.5. The Bertz CT molecular complexity index is 2860. The van der Waals surface area contributed by atoms with Crippen molar-refractivity contribution in [2.75, 3.05) is 19.8 Å². The van der Waals surface area contributed by atoms with Crippen molar-refractivity contribution in [3.8, 4) is 0 Å². The molecule has 0 radical (unpaired) electrons. The molecule has 82 heavy (non-hydrogen) atoms. The summed E-state index contributed by atoms with van der Waals surface area (Å²) in [6, 6.07) is 44.9. The topological polar surface area (TPSA) is 216 Å². The lowest BCUT2D eigenvalue weighted by Crippen LogP contribution is -2.67. The van der Waals surface area contributed by atoms with Crippen molar-refractivity contribution >= 4 is 17.8 Å². The molecule has 5 aromatic rings. The molecular weight excluding hydrogens is 1060 g/mol. The largest absolute Gasteiger partial charge is 0.509 e. The van der Waals surface area contributed by atoms with Gasteiger partial charge in [0.1, 0.15) is 48.8 Å². The zero-order valence-electron chi connectivity index (χ0n) is 46.0. The number of hydrogen-bond acceptors (Lipinski definition) is 19. The monoisotopic (exact) mass is 1130 g/mol. The van der Waals surface area contributed by atoms with Crippen molar-refractivity contribution in [1.29, 1.82) is 0 Å². The van der Waals surface area contributed by atoms with Crippen LogP contribution < -0.4 is 0 Å². The van der Waals surface area contributed by atoms with Crippen molar-refractivity contribution in [2.24, 2.45) is 5.41 Å². The van der Waals surface area contributed by atoms with E-state index < -0.39 is 127 Å². The third-order valence-electron chi connectivity index (χ3n) is 15.2. The number of nitrogens with zero attached hydrogens (tertiary/aromatic N) is 1. The molecule has 0 spiro atoms. The fourth-order valence-electron chi connectivity index (χ4n) is 10.9. The van der Waals surface area contributed by atoms with Gasteiger partial charge in [-0.05, 0) is 63.6 Å². The summed E-state index contributed by atoms with van der Waals surface area (Å²) in [5.74, 6) is -0.569. The first-order chi connectivity index (χ1) is 39.8. The smallest absolute Gasteiger partial charge is 0.454 e. The first kappa shape index (κ1) is 57.6. The number of hydrogen-bond donors (Lipinski definition) is 0. The van der Waals surface area contributed by atoms with Gasteiger partial charge in [-0.1, -0.05) is 133 Å². The van der Waals surface area contributed by atoms with Crippen LogP contribution >= 0.6 is 0 Å². The standard InChI is InChI=1S/C62H69NO19/c1-37-46(76-58-52(70-34-40-22-11-6-12-23-40)49(69-33-39-20-9-5-10-21-39)47-44(75-58)35-71-55(77-47)41-24-13-7-14-25-41)50-54(82-61(65)81-50)59(73-37)79-51-48-45(36-72-56(78-48)42-26-15-8-16-27-42)74-57(53(51)80-60(64)62(2,3)4)68-32-18-17-19-38-28-30-43(31-29-38)63(66)67/h5-16,20-31,37,44-59H,17-19,32-36H2,1-4H3/t37-,44+,45+,46-,47+,48-,49-,50+,51-,52-,53+,54+,55?,56?,57+,58?,59-/m0/s1. The highest BCUT2D eigenvalue weighted by molar-refractivity contribution is 5.75. The minimum absolute atomic E-state index is 0.0155. The van der Waals surface area contributed by atoms with E-state index in [2.05, 4.69) is 0 Å². The van der Waals surface area contributed by atoms with Crippen molar-refractivity contribution in [2.45, 2.75) is 165 Å². The molecule has 0 amide bonds. The molecule has 11 rings (SSSR count). The minimum atomic E-state index is -1.35. The van der Waals surface area contributed by atoms with Crippen LogP contribution in [0.4, 0.5) is 10.5 Å². The van der Waals surface area contributed by atoms with Gasteiger partial charge in [0.05, 0.1) is 42.9 Å². The van der Waals surface area contributed by atoms with E-state index in [0.717, 1.165) is 27.8 Å². The zero-order chi connectivity index (χ0) is 56.7. The van der Waals surface area contributed by atoms with Gasteiger partial charge in [-0.3, -0.25) is 14.9 Å². The second-order valence-electron chi connectivity index (χ2n) is 22.2. The molecule has 436 valence electrons. The maximum atomic E-state index is 14.0. The number of nitro benzene ring substituents is 1. The predicted molar refractivity (Wildman–Crippen MR) is 288 cm³/mol. The van der Waals surface area contributed by atoms with E-state index >= 15 is 0 Å². The molecular formula is C62H69NO19. The second-order valence-corrected chi connectivity index (χ2v) is 22.2. The summed E-state index contributed by atoms with van der Waals surface area (Å²) in [4.78, 5) is 38.4. The molecule has 6 heterocycles. The predicted octanol–water partition coefficient (Wildman–Crippen LogP) is 9.16. The van der Waals surface area contributed by atoms with E-state index in [1.54, 1.807) is 39.8 Å². The van der Waals surface area contributed by atoms with Crippen LogP contribution in [-0.4, -0.2) is 129 Å². The molecule has 6 fully saturated rings. The van der Waals surface area contributed by atoms with Gasteiger partial charge >= 0.3 is 12.1 Å². The Hall–Kier alpha value is -6.24. The third kappa shape index (κ3) is 13.5. The molecule has 5 aromatic carbocycles. The van der Waals surface area contributed by atoms with E-state index in [1.165, 1.54) is 12.1 Å². The minimum Gasteiger partial charge on any atom is -0.454 e. The molecule has 0 aliphatic carbocycles. The number of aryl methyl sites for hydroxylation is 1. The van der Waals surface area contributed by atoms with Gasteiger partial charge in [0.25, 0.3) is 5.69 Å². The van der Waals surface area contributed by atoms with Crippen LogP contribution in [0.15, 0.2) is 146 Å². The lowest BCUT2D eigenvalue weighted by Gasteiger charge is -2.51. The van der Waals surface area contributed by atoms with E-state index in [0.29, 0.717) is 19.3 Å². The number of carbonyl (C=O) groups excluding carboxylic acids is 2. The van der Waals surface area contributed by atoms with Gasteiger partial charge in [-0.2, -0.15) is 0 Å². The molecule has 0 saturated carbocycles. The van der Waals surface area contributed by atoms with Crippen LogP contribution in [0.1, 0.15) is 80.9 Å². The fraction of sp³-hybridized carbons (Fsp3) is 0.484. The van der Waals surface area contributed by atoms with E-state index in [1.807, 2.05) is 121 Å². The molecule has 6 aliphatic rings. The Morgan fingerprint density at radius 2 is 1.07 bits per heavy atom. The Morgan fingerprint density at radius 3 is 1.65 bits per heavy atom. The molecule has 20 heteroatoms. The summed E-state index contributed by atoms with van der Waals surface area (Å²) in [5.41, 5.74) is 3.35. The van der Waals surface area contributed by atoms with Crippen molar-refractivity contribution in [1.82, 2.24) is 0 Å². The third-order valence-corrected chi connectivity index (χ3v) is 15.2. The lowest BCUT2D eigenvalue weighted by molar-refractivity contribution is -0.401. The quantitative estimate of drug-likeness (QED) is 0.0307. The maximum absolute atomic E-state index is 14.0. The lowest BCUT2D eigenvalue weighted by atomic mass is 9.94. The summed E-state index contributed by atoms with van der Waals surface area (Å²) in [6.07, 6.45) is -16.0. The van der Waals surface area contributed by atoms with Crippen molar-refractivity contribution in [3.05, 3.63) is 184 Å². The van der Waals surface area contributed by atoms with Crippen LogP contribution in [0.25, 0.3) is 0 Å². The van der Waals surface area contributed by atoms with Crippen LogP contribution in [-0.2, 0) is 95.5 Å². The second kappa shape index (κ2) is 26.1. The number of rotatable bonds is 20. The van der Waals surface area contributed by atoms with Gasteiger partial charge in [0.2, 0.25) is 0 Å². The average Bonchev–Trinajstić information content (AvgIpc) is 3.71. The van der Waals surface area contributed by atoms with Crippen molar-refractivity contribution in [3.63, 3.8) is 0 Å². The number of carbonyl (C=O) groups is 2. The van der Waals surface area contributed by atoms with Gasteiger partial charge in [0, 0.05) is 29.9 Å². The number of non-ortho nitro benzene ring substituents is 1. The summed E-state index contributed by atoms with van der Waals surface area (Å²) in [5, 5.41) is 11.2. The number of esters is 1. The Kier molecular flexibility index (Phi) is 18.3. The Morgan fingerprint density at radius 1 is 0.549 bits per heavy atom. The first-order valence-corrected chi connectivity index (χ1v) is 28.0. The summed E-state index contributed by atoms with van der Waals surface area (Å²) in [6.45, 7) is 7.67.